The molecule has 0 aliphatic rings. The average molecular weight is 403 g/mol. The van der Waals surface area contributed by atoms with Crippen LogP contribution in [0.5, 0.6) is 5.75 Å². The molecule has 5 heteroatoms. The molecule has 4 aromatic rings. The molecule has 30 heavy (non-hydrogen) atoms. The molecule has 0 amide bonds. The Bertz CT molecular complexity index is 1130. The zero-order valence-electron chi connectivity index (χ0n) is 17.9. The molecule has 0 aliphatic heterocycles. The van der Waals surface area contributed by atoms with Gasteiger partial charge in [0.1, 0.15) is 5.75 Å². The Labute approximate surface area is 178 Å². The lowest BCUT2D eigenvalue weighted by atomic mass is 9.92. The van der Waals surface area contributed by atoms with E-state index in [9.17, 15) is 0 Å². The van der Waals surface area contributed by atoms with Crippen molar-refractivity contribution in [1.29, 1.82) is 0 Å². The molecular formula is C25H30BNO3. The van der Waals surface area contributed by atoms with Crippen molar-refractivity contribution < 1.29 is 14.7 Å². The Hall–Kier alpha value is -2.60. The van der Waals surface area contributed by atoms with Gasteiger partial charge in [0.15, 0.2) is 0 Å². The molecule has 4 nitrogen and oxygen atoms in total. The summed E-state index contributed by atoms with van der Waals surface area (Å²) in [6, 6.07) is 22.1. The van der Waals surface area contributed by atoms with Crippen molar-refractivity contribution >= 4 is 39.6 Å². The van der Waals surface area contributed by atoms with Crippen LogP contribution in [0.15, 0.2) is 66.7 Å². The molecule has 156 valence electrons. The van der Waals surface area contributed by atoms with Crippen LogP contribution in [-0.4, -0.2) is 22.9 Å². The summed E-state index contributed by atoms with van der Waals surface area (Å²) in [5.41, 5.74) is 6.02. The minimum atomic E-state index is -1.83. The fourth-order valence-corrected chi connectivity index (χ4v) is 3.73. The Kier molecular flexibility index (Phi) is 6.98. The molecule has 0 aliphatic carbocycles. The molecule has 4 N–H and O–H groups in total. The first kappa shape index (κ1) is 22.1. The van der Waals surface area contributed by atoms with Crippen LogP contribution in [0, 0.1) is 0 Å². The monoisotopic (exact) mass is 403 g/mol. The van der Waals surface area contributed by atoms with Gasteiger partial charge >= 0.3 is 7.32 Å². The minimum absolute atomic E-state index is 0.125. The van der Waals surface area contributed by atoms with Crippen molar-refractivity contribution in [3.63, 3.8) is 0 Å². The third kappa shape index (κ3) is 4.76. The number of nitrogens with two attached hydrogens (primary N) is 1. The van der Waals surface area contributed by atoms with Gasteiger partial charge in [-0.3, -0.25) is 0 Å². The Morgan fingerprint density at radius 3 is 1.90 bits per heavy atom. The van der Waals surface area contributed by atoms with Gasteiger partial charge in [-0.2, -0.15) is 0 Å². The maximum absolute atomic E-state index is 9.14. The maximum atomic E-state index is 9.14. The molecule has 4 aromatic carbocycles. The number of rotatable bonds is 5. The summed E-state index contributed by atoms with van der Waals surface area (Å²) >= 11 is 0. The summed E-state index contributed by atoms with van der Waals surface area (Å²) in [4.78, 5) is 0. The van der Waals surface area contributed by atoms with Crippen LogP contribution >= 0.6 is 0 Å². The molecule has 0 bridgehead atoms. The van der Waals surface area contributed by atoms with E-state index in [1.54, 1.807) is 6.07 Å². The van der Waals surface area contributed by atoms with Gasteiger partial charge in [-0.1, -0.05) is 69.3 Å². The van der Waals surface area contributed by atoms with Crippen LogP contribution in [0.1, 0.15) is 40.0 Å². The van der Waals surface area contributed by atoms with E-state index in [1.165, 1.54) is 5.39 Å². The maximum Gasteiger partial charge on any atom is 0.707 e. The molecule has 0 heterocycles. The molecule has 0 atom stereocenters. The Morgan fingerprint density at radius 2 is 1.33 bits per heavy atom. The smallest absolute Gasteiger partial charge is 0.511 e. The quantitative estimate of drug-likeness (QED) is 0.237. The summed E-state index contributed by atoms with van der Waals surface area (Å²) in [6.45, 7) is 6.44. The lowest BCUT2D eigenvalue weighted by Crippen LogP contribution is -2.37. The van der Waals surface area contributed by atoms with Crippen molar-refractivity contribution in [1.82, 2.24) is 0 Å². The summed E-state index contributed by atoms with van der Waals surface area (Å²) in [7, 11) is -1.83. The molecule has 0 saturated heterocycles. The molecular weight excluding hydrogens is 373 g/mol. The highest BCUT2D eigenvalue weighted by Gasteiger charge is 2.16. The number of hydrogen-bond donors (Lipinski definition) is 3. The minimum Gasteiger partial charge on any atom is -0.511 e. The molecule has 0 fully saturated rings. The second kappa shape index (κ2) is 9.48. The Morgan fingerprint density at radius 1 is 0.767 bits per heavy atom. The van der Waals surface area contributed by atoms with E-state index in [4.69, 9.17) is 20.4 Å². The molecule has 0 spiro atoms. The molecule has 0 saturated carbocycles. The molecule has 4 rings (SSSR count). The second-order valence-electron chi connectivity index (χ2n) is 7.71. The highest BCUT2D eigenvalue weighted by atomic mass is 16.6. The third-order valence-corrected chi connectivity index (χ3v) is 6.03. The van der Waals surface area contributed by atoms with Crippen molar-refractivity contribution in [3.05, 3.63) is 66.7 Å². The van der Waals surface area contributed by atoms with E-state index in [0.29, 0.717) is 5.75 Å². The topological polar surface area (TPSA) is 75.7 Å². The lowest BCUT2D eigenvalue weighted by molar-refractivity contribution is 0.289. The van der Waals surface area contributed by atoms with Crippen molar-refractivity contribution in [2.24, 2.45) is 5.73 Å². The highest BCUT2D eigenvalue weighted by molar-refractivity contribution is 6.34. The SMILES string of the molecule is CCC(N)(CC)CC.OB(O)Oc1cccc2ccc3cc4ccccc4cc3c12. The first-order chi connectivity index (χ1) is 14.4. The fourth-order valence-electron chi connectivity index (χ4n) is 3.73. The molecule has 0 radical (unpaired) electrons. The van der Waals surface area contributed by atoms with E-state index in [-0.39, 0.29) is 5.54 Å². The second-order valence-corrected chi connectivity index (χ2v) is 7.71. The highest BCUT2D eigenvalue weighted by Crippen LogP contribution is 2.35. The lowest BCUT2D eigenvalue weighted by Gasteiger charge is -2.23. The van der Waals surface area contributed by atoms with Crippen LogP contribution in [0.2, 0.25) is 0 Å². The number of fused-ring (bicyclic) bond motifs is 4. The standard InChI is InChI=1S/C18H13BO3.C7H17N/c20-19(21)22-17-7-3-6-12-8-9-15-10-13-4-1-2-5-14(13)11-16(15)18(12)17;1-4-7(8,5-2)6-3/h1-11,20-21H;4-6,8H2,1-3H3. The van der Waals surface area contributed by atoms with Gasteiger partial charge in [-0.15, -0.1) is 0 Å². The van der Waals surface area contributed by atoms with Gasteiger partial charge < -0.3 is 20.4 Å². The summed E-state index contributed by atoms with van der Waals surface area (Å²) < 4.78 is 5.16. The predicted octanol–water partition coefficient (Wildman–Crippen LogP) is 5.41. The zero-order chi connectivity index (χ0) is 21.7. The fraction of sp³-hybridized carbons (Fsp3) is 0.280. The van der Waals surface area contributed by atoms with Gasteiger partial charge in [-0.05, 0) is 64.4 Å². The van der Waals surface area contributed by atoms with Crippen molar-refractivity contribution in [2.75, 3.05) is 0 Å². The van der Waals surface area contributed by atoms with Crippen LogP contribution in [0.25, 0.3) is 32.3 Å². The van der Waals surface area contributed by atoms with E-state index in [2.05, 4.69) is 51.1 Å². The predicted molar refractivity (Wildman–Crippen MR) is 128 cm³/mol. The molecule has 0 aromatic heterocycles. The van der Waals surface area contributed by atoms with Gasteiger partial charge in [0, 0.05) is 10.9 Å². The first-order valence-electron chi connectivity index (χ1n) is 10.6. The zero-order valence-corrected chi connectivity index (χ0v) is 17.9. The first-order valence-corrected chi connectivity index (χ1v) is 10.6. The Balaban J connectivity index is 0.000000275. The molecule has 0 unspecified atom stereocenters. The van der Waals surface area contributed by atoms with Gasteiger partial charge in [0.2, 0.25) is 0 Å². The third-order valence-electron chi connectivity index (χ3n) is 6.03. The van der Waals surface area contributed by atoms with Crippen LogP contribution in [-0.2, 0) is 0 Å². The van der Waals surface area contributed by atoms with Crippen LogP contribution in [0.4, 0.5) is 0 Å². The van der Waals surface area contributed by atoms with E-state index < -0.39 is 7.32 Å². The largest absolute Gasteiger partial charge is 0.707 e. The summed E-state index contributed by atoms with van der Waals surface area (Å²) in [5.74, 6) is 0.466. The van der Waals surface area contributed by atoms with Crippen LogP contribution in [0.3, 0.4) is 0 Å². The number of hydrogen-bond acceptors (Lipinski definition) is 4. The normalized spacial score (nSPS) is 11.4. The van der Waals surface area contributed by atoms with Crippen molar-refractivity contribution in [2.45, 2.75) is 45.6 Å². The van der Waals surface area contributed by atoms with E-state index >= 15 is 0 Å². The summed E-state index contributed by atoms with van der Waals surface area (Å²) in [5, 5.41) is 24.6. The van der Waals surface area contributed by atoms with Crippen LogP contribution < -0.4 is 10.4 Å². The van der Waals surface area contributed by atoms with Gasteiger partial charge in [0.05, 0.1) is 0 Å². The van der Waals surface area contributed by atoms with Crippen molar-refractivity contribution in [3.8, 4) is 5.75 Å². The number of benzene rings is 4. The van der Waals surface area contributed by atoms with Gasteiger partial charge in [-0.25, -0.2) is 0 Å². The van der Waals surface area contributed by atoms with Gasteiger partial charge in [0.25, 0.3) is 0 Å². The summed E-state index contributed by atoms with van der Waals surface area (Å²) in [6.07, 6.45) is 3.29. The van der Waals surface area contributed by atoms with E-state index in [1.807, 2.05) is 30.3 Å². The van der Waals surface area contributed by atoms with E-state index in [0.717, 1.165) is 46.2 Å². The average Bonchev–Trinajstić information content (AvgIpc) is 2.77.